The average molecular weight is 347 g/mol. The summed E-state index contributed by atoms with van der Waals surface area (Å²) < 4.78 is 16.2. The van der Waals surface area contributed by atoms with Gasteiger partial charge in [-0.2, -0.15) is 0 Å². The number of aromatic nitrogens is 1. The van der Waals surface area contributed by atoms with Crippen molar-refractivity contribution in [2.45, 2.75) is 6.42 Å². The highest BCUT2D eigenvalue weighted by Gasteiger charge is 2.18. The quantitative estimate of drug-likeness (QED) is 0.811. The second-order valence-corrected chi connectivity index (χ2v) is 6.32. The van der Waals surface area contributed by atoms with Crippen LogP contribution in [0.15, 0.2) is 24.4 Å². The summed E-state index contributed by atoms with van der Waals surface area (Å²) >= 11 is 0. The van der Waals surface area contributed by atoms with Gasteiger partial charge < -0.3 is 29.0 Å². The Morgan fingerprint density at radius 3 is 2.88 bits per heavy atom. The van der Waals surface area contributed by atoms with Crippen LogP contribution in [0.4, 0.5) is 4.79 Å². The molecule has 1 aromatic carbocycles. The van der Waals surface area contributed by atoms with E-state index >= 15 is 0 Å². The summed E-state index contributed by atoms with van der Waals surface area (Å²) in [5.74, 6) is 0.724. The van der Waals surface area contributed by atoms with Gasteiger partial charge in [-0.1, -0.05) is 6.07 Å². The topological polar surface area (TPSA) is 67.0 Å². The predicted octanol–water partition coefficient (Wildman–Crippen LogP) is 2.08. The van der Waals surface area contributed by atoms with Crippen LogP contribution in [-0.4, -0.2) is 74.6 Å². The summed E-state index contributed by atoms with van der Waals surface area (Å²) in [6.07, 6.45) is 2.57. The van der Waals surface area contributed by atoms with Crippen molar-refractivity contribution >= 4 is 17.0 Å². The minimum atomic E-state index is -0.364. The molecule has 1 N–H and O–H groups in total. The lowest BCUT2D eigenvalue weighted by Gasteiger charge is -2.25. The molecule has 1 aliphatic heterocycles. The highest BCUT2D eigenvalue weighted by atomic mass is 16.7. The molecule has 25 heavy (non-hydrogen) atoms. The van der Waals surface area contributed by atoms with Gasteiger partial charge in [-0.05, 0) is 38.2 Å². The summed E-state index contributed by atoms with van der Waals surface area (Å²) in [5.41, 5.74) is 2.21. The van der Waals surface area contributed by atoms with Crippen LogP contribution in [0.2, 0.25) is 0 Å². The van der Waals surface area contributed by atoms with Gasteiger partial charge in [0.2, 0.25) is 6.79 Å². The first kappa shape index (κ1) is 17.6. The molecule has 1 amide bonds. The number of aromatic amines is 1. The van der Waals surface area contributed by atoms with Crippen LogP contribution in [0, 0.1) is 0 Å². The summed E-state index contributed by atoms with van der Waals surface area (Å²) in [5, 5.41) is 1.05. The zero-order valence-corrected chi connectivity index (χ0v) is 14.8. The lowest BCUT2D eigenvalue weighted by Crippen LogP contribution is -2.41. The molecule has 0 saturated carbocycles. The maximum atomic E-state index is 12.0. The maximum Gasteiger partial charge on any atom is 0.412 e. The minimum Gasteiger partial charge on any atom is -0.457 e. The van der Waals surface area contributed by atoms with Gasteiger partial charge in [0, 0.05) is 36.7 Å². The third-order valence-electron chi connectivity index (χ3n) is 4.24. The number of amides is 1. The molecule has 7 nitrogen and oxygen atoms in total. The number of likely N-dealkylation sites (N-methyl/N-ethyl adjacent to an activating group) is 1. The average Bonchev–Trinajstić information content (AvgIpc) is 3.04. The zero-order chi connectivity index (χ0) is 17.6. The second kappa shape index (κ2) is 8.22. The van der Waals surface area contributed by atoms with E-state index in [0.29, 0.717) is 26.3 Å². The van der Waals surface area contributed by atoms with Crippen LogP contribution in [0.25, 0.3) is 10.9 Å². The highest BCUT2D eigenvalue weighted by molar-refractivity contribution is 5.89. The Kier molecular flexibility index (Phi) is 5.78. The van der Waals surface area contributed by atoms with Crippen molar-refractivity contribution < 1.29 is 19.0 Å². The number of H-pyrrole nitrogens is 1. The molecule has 136 valence electrons. The molecule has 2 heterocycles. The number of carbonyl (C=O) groups excluding carboxylic acids is 1. The molecule has 3 rings (SSSR count). The molecule has 1 fully saturated rings. The molecule has 0 spiro atoms. The standard InChI is InChI=1S/C18H25N3O4/c1-20(2)7-6-14-12-19-15-4-3-5-16(17(14)15)24-13-25-18(22)21-8-10-23-11-9-21/h3-5,12,19H,6-11,13H2,1-2H3. The number of nitrogens with zero attached hydrogens (tertiary/aromatic N) is 2. The van der Waals surface area contributed by atoms with Crippen LogP contribution >= 0.6 is 0 Å². The molecule has 2 aromatic rings. The van der Waals surface area contributed by atoms with E-state index in [9.17, 15) is 4.79 Å². The van der Waals surface area contributed by atoms with Crippen molar-refractivity contribution in [3.05, 3.63) is 30.0 Å². The number of hydrogen-bond donors (Lipinski definition) is 1. The van der Waals surface area contributed by atoms with Crippen LogP contribution in [0.5, 0.6) is 5.75 Å². The molecular weight excluding hydrogens is 322 g/mol. The van der Waals surface area contributed by atoms with E-state index in [1.165, 1.54) is 5.56 Å². The van der Waals surface area contributed by atoms with E-state index in [4.69, 9.17) is 14.2 Å². The summed E-state index contributed by atoms with van der Waals surface area (Å²) in [7, 11) is 4.11. The van der Waals surface area contributed by atoms with Gasteiger partial charge >= 0.3 is 6.09 Å². The number of morpholine rings is 1. The van der Waals surface area contributed by atoms with E-state index in [0.717, 1.165) is 29.6 Å². The van der Waals surface area contributed by atoms with Gasteiger partial charge in [-0.15, -0.1) is 0 Å². The van der Waals surface area contributed by atoms with Crippen LogP contribution < -0.4 is 4.74 Å². The van der Waals surface area contributed by atoms with E-state index in [1.54, 1.807) is 4.90 Å². The molecule has 0 aliphatic carbocycles. The number of carbonyl (C=O) groups is 1. The molecule has 0 atom stereocenters. The fourth-order valence-electron chi connectivity index (χ4n) is 2.86. The Balaban J connectivity index is 1.62. The van der Waals surface area contributed by atoms with Crippen molar-refractivity contribution in [1.82, 2.24) is 14.8 Å². The monoisotopic (exact) mass is 347 g/mol. The first-order valence-electron chi connectivity index (χ1n) is 8.51. The number of ether oxygens (including phenoxy) is 3. The van der Waals surface area contributed by atoms with Crippen molar-refractivity contribution in [3.8, 4) is 5.75 Å². The van der Waals surface area contributed by atoms with E-state index in [1.807, 2.05) is 24.4 Å². The summed E-state index contributed by atoms with van der Waals surface area (Å²) in [6, 6.07) is 5.84. The third kappa shape index (κ3) is 4.43. The minimum absolute atomic E-state index is 0.104. The lowest BCUT2D eigenvalue weighted by atomic mass is 10.1. The molecule has 1 aliphatic rings. The van der Waals surface area contributed by atoms with Gasteiger partial charge in [0.1, 0.15) is 5.75 Å². The van der Waals surface area contributed by atoms with Crippen molar-refractivity contribution in [2.24, 2.45) is 0 Å². The highest BCUT2D eigenvalue weighted by Crippen LogP contribution is 2.29. The zero-order valence-electron chi connectivity index (χ0n) is 14.8. The van der Waals surface area contributed by atoms with Gasteiger partial charge in [-0.25, -0.2) is 4.79 Å². The van der Waals surface area contributed by atoms with E-state index in [-0.39, 0.29) is 12.9 Å². The Morgan fingerprint density at radius 1 is 1.32 bits per heavy atom. The second-order valence-electron chi connectivity index (χ2n) is 6.32. The fraction of sp³-hybridized carbons (Fsp3) is 0.500. The Bertz CT molecular complexity index is 707. The van der Waals surface area contributed by atoms with Crippen LogP contribution in [0.3, 0.4) is 0 Å². The summed E-state index contributed by atoms with van der Waals surface area (Å²) in [4.78, 5) is 19.1. The fourth-order valence-corrected chi connectivity index (χ4v) is 2.86. The molecule has 1 aromatic heterocycles. The number of nitrogens with one attached hydrogen (secondary N) is 1. The van der Waals surface area contributed by atoms with Gasteiger partial charge in [0.15, 0.2) is 0 Å². The smallest absolute Gasteiger partial charge is 0.412 e. The SMILES string of the molecule is CN(C)CCc1c[nH]c2cccc(OCOC(=O)N3CCOCC3)c12. The van der Waals surface area contributed by atoms with Crippen molar-refractivity contribution in [3.63, 3.8) is 0 Å². The third-order valence-corrected chi connectivity index (χ3v) is 4.24. The number of fused-ring (bicyclic) bond motifs is 1. The maximum absolute atomic E-state index is 12.0. The molecule has 0 radical (unpaired) electrons. The van der Waals surface area contributed by atoms with Crippen LogP contribution in [-0.2, 0) is 15.9 Å². The normalized spacial score (nSPS) is 14.9. The lowest BCUT2D eigenvalue weighted by molar-refractivity contribution is 0.00187. The van der Waals surface area contributed by atoms with Crippen molar-refractivity contribution in [1.29, 1.82) is 0 Å². The van der Waals surface area contributed by atoms with E-state index in [2.05, 4.69) is 24.0 Å². The molecule has 1 saturated heterocycles. The van der Waals surface area contributed by atoms with E-state index < -0.39 is 0 Å². The summed E-state index contributed by atoms with van der Waals surface area (Å²) in [6.45, 7) is 3.06. The predicted molar refractivity (Wildman–Crippen MR) is 94.9 cm³/mol. The Labute approximate surface area is 147 Å². The first-order chi connectivity index (χ1) is 12.1. The number of benzene rings is 1. The van der Waals surface area contributed by atoms with Gasteiger partial charge in [0.25, 0.3) is 0 Å². The first-order valence-corrected chi connectivity index (χ1v) is 8.51. The van der Waals surface area contributed by atoms with Gasteiger partial charge in [-0.3, -0.25) is 0 Å². The van der Waals surface area contributed by atoms with Gasteiger partial charge in [0.05, 0.1) is 13.2 Å². The number of rotatable bonds is 6. The largest absolute Gasteiger partial charge is 0.457 e. The number of hydrogen-bond acceptors (Lipinski definition) is 5. The van der Waals surface area contributed by atoms with Crippen molar-refractivity contribution in [2.75, 3.05) is 53.7 Å². The molecular formula is C18H25N3O4. The van der Waals surface area contributed by atoms with Crippen LogP contribution in [0.1, 0.15) is 5.56 Å². The molecule has 7 heteroatoms. The Morgan fingerprint density at radius 2 is 2.12 bits per heavy atom. The Hall–Kier alpha value is -2.25. The molecule has 0 unspecified atom stereocenters. The molecule has 0 bridgehead atoms.